The van der Waals surface area contributed by atoms with Gasteiger partial charge in [0.25, 0.3) is 0 Å². The first kappa shape index (κ1) is 12.2. The number of hydrogen-bond acceptors (Lipinski definition) is 2. The van der Waals surface area contributed by atoms with Gasteiger partial charge in [0, 0.05) is 5.39 Å². The molecule has 0 atom stereocenters. The van der Waals surface area contributed by atoms with Crippen LogP contribution in [0.3, 0.4) is 0 Å². The standard InChI is InChI=1S/C10H2Cl4FN3/c11-2-1-3(12)5(15)6-4(2)7-8(16-6)9(13)18-10(14)17-7/h1,16H. The minimum atomic E-state index is -0.624. The molecule has 1 N–H and O–H groups in total. The van der Waals surface area contributed by atoms with Gasteiger partial charge in [-0.1, -0.05) is 34.8 Å². The Balaban J connectivity index is 2.64. The van der Waals surface area contributed by atoms with Crippen molar-refractivity contribution in [2.75, 3.05) is 0 Å². The number of aromatic nitrogens is 3. The van der Waals surface area contributed by atoms with Crippen molar-refractivity contribution in [1.29, 1.82) is 0 Å². The van der Waals surface area contributed by atoms with Crippen LogP contribution in [0.1, 0.15) is 0 Å². The molecule has 3 nitrogen and oxygen atoms in total. The molecular formula is C10H2Cl4FN3. The van der Waals surface area contributed by atoms with Crippen molar-refractivity contribution in [2.24, 2.45) is 0 Å². The summed E-state index contributed by atoms with van der Waals surface area (Å²) in [6.07, 6.45) is 0. The summed E-state index contributed by atoms with van der Waals surface area (Å²) in [7, 11) is 0. The first-order valence-electron chi connectivity index (χ1n) is 4.67. The second-order valence-corrected chi connectivity index (χ2v) is 5.05. The second kappa shape index (κ2) is 4.10. The summed E-state index contributed by atoms with van der Waals surface area (Å²) in [5.74, 6) is -0.624. The second-order valence-electron chi connectivity index (χ2n) is 3.54. The van der Waals surface area contributed by atoms with Crippen molar-refractivity contribution < 1.29 is 4.39 Å². The Morgan fingerprint density at radius 3 is 2.44 bits per heavy atom. The molecule has 2 aromatic heterocycles. The van der Waals surface area contributed by atoms with Gasteiger partial charge in [0.05, 0.1) is 15.6 Å². The van der Waals surface area contributed by atoms with Gasteiger partial charge in [-0.05, 0) is 17.7 Å². The van der Waals surface area contributed by atoms with Gasteiger partial charge in [-0.15, -0.1) is 0 Å². The highest BCUT2D eigenvalue weighted by Crippen LogP contribution is 2.37. The van der Waals surface area contributed by atoms with Gasteiger partial charge in [-0.2, -0.15) is 0 Å². The molecule has 18 heavy (non-hydrogen) atoms. The smallest absolute Gasteiger partial charge is 0.224 e. The van der Waals surface area contributed by atoms with Gasteiger partial charge in [-0.3, -0.25) is 0 Å². The van der Waals surface area contributed by atoms with Crippen LogP contribution in [-0.4, -0.2) is 15.0 Å². The van der Waals surface area contributed by atoms with Gasteiger partial charge in [-0.25, -0.2) is 14.4 Å². The summed E-state index contributed by atoms with van der Waals surface area (Å²) in [6.45, 7) is 0. The van der Waals surface area contributed by atoms with E-state index >= 15 is 0 Å². The fourth-order valence-electron chi connectivity index (χ4n) is 1.77. The molecule has 3 aromatic rings. The Morgan fingerprint density at radius 2 is 1.72 bits per heavy atom. The average molecular weight is 325 g/mol. The van der Waals surface area contributed by atoms with E-state index in [9.17, 15) is 4.39 Å². The number of nitrogens with zero attached hydrogens (tertiary/aromatic N) is 2. The summed E-state index contributed by atoms with van der Waals surface area (Å²) < 4.78 is 13.9. The van der Waals surface area contributed by atoms with E-state index < -0.39 is 5.82 Å². The number of rotatable bonds is 0. The lowest BCUT2D eigenvalue weighted by Crippen LogP contribution is -1.84. The fourth-order valence-corrected chi connectivity index (χ4v) is 2.75. The molecule has 0 radical (unpaired) electrons. The van der Waals surface area contributed by atoms with Crippen molar-refractivity contribution >= 4 is 68.3 Å². The number of H-pyrrole nitrogens is 1. The van der Waals surface area contributed by atoms with E-state index in [1.807, 2.05) is 0 Å². The number of hydrogen-bond donors (Lipinski definition) is 1. The first-order valence-corrected chi connectivity index (χ1v) is 6.18. The molecule has 3 rings (SSSR count). The Labute approximate surface area is 120 Å². The molecule has 92 valence electrons. The number of nitrogens with one attached hydrogen (secondary N) is 1. The van der Waals surface area contributed by atoms with Crippen LogP contribution < -0.4 is 0 Å². The molecule has 0 saturated carbocycles. The van der Waals surface area contributed by atoms with E-state index in [2.05, 4.69) is 15.0 Å². The van der Waals surface area contributed by atoms with Crippen molar-refractivity contribution in [3.05, 3.63) is 32.4 Å². The molecule has 2 heterocycles. The summed E-state index contributed by atoms with van der Waals surface area (Å²) in [5, 5.41) is 0.593. The monoisotopic (exact) mass is 323 g/mol. The van der Waals surface area contributed by atoms with Crippen molar-refractivity contribution in [2.45, 2.75) is 0 Å². The maximum absolute atomic E-state index is 13.9. The number of benzene rings is 1. The lowest BCUT2D eigenvalue weighted by atomic mass is 10.2. The maximum Gasteiger partial charge on any atom is 0.224 e. The number of halogens is 5. The van der Waals surface area contributed by atoms with Gasteiger partial charge < -0.3 is 4.98 Å². The molecule has 0 bridgehead atoms. The van der Waals surface area contributed by atoms with Crippen molar-refractivity contribution in [1.82, 2.24) is 15.0 Å². The molecule has 0 aliphatic heterocycles. The summed E-state index contributed by atoms with van der Waals surface area (Å²) in [6, 6.07) is 1.30. The van der Waals surface area contributed by atoms with Crippen LogP contribution in [0.5, 0.6) is 0 Å². The lowest BCUT2D eigenvalue weighted by Gasteiger charge is -1.99. The quantitative estimate of drug-likeness (QED) is 0.364. The zero-order valence-corrected chi connectivity index (χ0v) is 11.4. The molecule has 0 unspecified atom stereocenters. The zero-order chi connectivity index (χ0) is 13.0. The molecular weight excluding hydrogens is 323 g/mol. The van der Waals surface area contributed by atoms with Crippen molar-refractivity contribution in [3.8, 4) is 0 Å². The zero-order valence-electron chi connectivity index (χ0n) is 8.36. The van der Waals surface area contributed by atoms with Gasteiger partial charge in [0.15, 0.2) is 11.0 Å². The SMILES string of the molecule is Fc1c(Cl)cc(Cl)c2c1[nH]c1c(Cl)nc(Cl)nc12. The third-order valence-corrected chi connectivity index (χ3v) is 3.51. The highest BCUT2D eigenvalue weighted by Gasteiger charge is 2.18. The Morgan fingerprint density at radius 1 is 1.00 bits per heavy atom. The fraction of sp³-hybridized carbons (Fsp3) is 0. The topological polar surface area (TPSA) is 41.6 Å². The molecule has 0 aliphatic rings. The molecule has 0 aliphatic carbocycles. The minimum absolute atomic E-state index is 0.0418. The van der Waals surface area contributed by atoms with Gasteiger partial charge in [0.1, 0.15) is 11.0 Å². The third kappa shape index (κ3) is 1.64. The van der Waals surface area contributed by atoms with Gasteiger partial charge in [0.2, 0.25) is 5.28 Å². The largest absolute Gasteiger partial charge is 0.348 e. The predicted molar refractivity (Wildman–Crippen MR) is 71.4 cm³/mol. The Bertz CT molecular complexity index is 799. The summed E-state index contributed by atoms with van der Waals surface area (Å²) >= 11 is 23.4. The Hall–Kier alpha value is -0.810. The van der Waals surface area contributed by atoms with Gasteiger partial charge >= 0.3 is 0 Å². The molecule has 0 fully saturated rings. The summed E-state index contributed by atoms with van der Waals surface area (Å²) in [5.41, 5.74) is 0.843. The van der Waals surface area contributed by atoms with Crippen LogP contribution >= 0.6 is 46.4 Å². The van der Waals surface area contributed by atoms with Crippen molar-refractivity contribution in [3.63, 3.8) is 0 Å². The Kier molecular flexibility index (Phi) is 2.79. The molecule has 1 aromatic carbocycles. The molecule has 0 amide bonds. The van der Waals surface area contributed by atoms with Crippen LogP contribution in [0.25, 0.3) is 21.9 Å². The number of fused-ring (bicyclic) bond motifs is 3. The minimum Gasteiger partial charge on any atom is -0.348 e. The van der Waals surface area contributed by atoms with E-state index in [-0.39, 0.29) is 26.0 Å². The molecule has 8 heteroatoms. The average Bonchev–Trinajstić information content (AvgIpc) is 2.66. The van der Waals surface area contributed by atoms with E-state index in [0.717, 1.165) is 0 Å². The normalized spacial score (nSPS) is 11.6. The predicted octanol–water partition coefficient (Wildman–Crippen LogP) is 4.86. The van der Waals surface area contributed by atoms with Crippen LogP contribution in [-0.2, 0) is 0 Å². The van der Waals surface area contributed by atoms with E-state index in [1.54, 1.807) is 0 Å². The van der Waals surface area contributed by atoms with Crippen LogP contribution in [0.2, 0.25) is 20.5 Å². The van der Waals surface area contributed by atoms with Crippen LogP contribution in [0.4, 0.5) is 4.39 Å². The highest BCUT2D eigenvalue weighted by molar-refractivity contribution is 6.42. The molecule has 0 spiro atoms. The maximum atomic E-state index is 13.9. The molecule has 0 saturated heterocycles. The third-order valence-electron chi connectivity index (χ3n) is 2.50. The first-order chi connectivity index (χ1) is 8.49. The number of aromatic amines is 1. The van der Waals surface area contributed by atoms with E-state index in [1.165, 1.54) is 6.07 Å². The van der Waals surface area contributed by atoms with Crippen LogP contribution in [0.15, 0.2) is 6.07 Å². The summed E-state index contributed by atoms with van der Waals surface area (Å²) in [4.78, 5) is 10.5. The van der Waals surface area contributed by atoms with E-state index in [4.69, 9.17) is 46.4 Å². The highest BCUT2D eigenvalue weighted by atomic mass is 35.5. The van der Waals surface area contributed by atoms with Crippen LogP contribution in [0, 0.1) is 5.82 Å². The van der Waals surface area contributed by atoms with E-state index in [0.29, 0.717) is 16.4 Å². The lowest BCUT2D eigenvalue weighted by molar-refractivity contribution is 0.638.